The Morgan fingerprint density at radius 2 is 2.29 bits per heavy atom. The van der Waals surface area contributed by atoms with E-state index in [2.05, 4.69) is 15.9 Å². The van der Waals surface area contributed by atoms with Crippen molar-refractivity contribution in [1.29, 1.82) is 0 Å². The Kier molecular flexibility index (Phi) is 4.25. The normalized spacial score (nSPS) is 25.6. The van der Waals surface area contributed by atoms with Gasteiger partial charge < -0.3 is 10.0 Å². The van der Waals surface area contributed by atoms with Gasteiger partial charge >= 0.3 is 0 Å². The number of alkyl halides is 3. The summed E-state index contributed by atoms with van der Waals surface area (Å²) >= 11 is 3.16. The first-order valence-electron chi connectivity index (χ1n) is 4.41. The maximum atomic E-state index is 12.0. The number of hydrogen-bond donors (Lipinski definition) is 1. The van der Waals surface area contributed by atoms with Crippen molar-refractivity contribution in [3.63, 3.8) is 0 Å². The first kappa shape index (κ1) is 11.8. The van der Waals surface area contributed by atoms with Gasteiger partial charge in [0.25, 0.3) is 6.43 Å². The first-order valence-corrected chi connectivity index (χ1v) is 5.33. The van der Waals surface area contributed by atoms with E-state index in [4.69, 9.17) is 5.11 Å². The zero-order valence-corrected chi connectivity index (χ0v) is 9.08. The molecule has 14 heavy (non-hydrogen) atoms. The Hall–Kier alpha value is -0.230. The molecule has 1 rings (SSSR count). The fourth-order valence-corrected chi connectivity index (χ4v) is 1.99. The number of carbonyl (C=O) groups excluding carboxylic acids is 1. The average Bonchev–Trinajstić information content (AvgIpc) is 2.12. The zero-order chi connectivity index (χ0) is 10.7. The second kappa shape index (κ2) is 5.02. The number of carbonyl (C=O) groups is 1. The lowest BCUT2D eigenvalue weighted by molar-refractivity contribution is -0.135. The number of nitrogens with zero attached hydrogens (tertiary/aromatic N) is 1. The average molecular weight is 272 g/mol. The topological polar surface area (TPSA) is 40.5 Å². The molecule has 1 saturated heterocycles. The molecule has 0 saturated carbocycles. The van der Waals surface area contributed by atoms with Crippen LogP contribution in [0.4, 0.5) is 8.78 Å². The van der Waals surface area contributed by atoms with Crippen LogP contribution in [0.15, 0.2) is 0 Å². The lowest BCUT2D eigenvalue weighted by atomic mass is 10.1. The van der Waals surface area contributed by atoms with Gasteiger partial charge in [-0.25, -0.2) is 8.78 Å². The van der Waals surface area contributed by atoms with Crippen LogP contribution in [-0.4, -0.2) is 46.4 Å². The van der Waals surface area contributed by atoms with Gasteiger partial charge in [-0.05, 0) is 12.8 Å². The summed E-state index contributed by atoms with van der Waals surface area (Å²) < 4.78 is 24.0. The molecule has 0 bridgehead atoms. The van der Waals surface area contributed by atoms with Gasteiger partial charge in [0.05, 0.1) is 11.4 Å². The van der Waals surface area contributed by atoms with Crippen LogP contribution in [0.2, 0.25) is 0 Å². The number of rotatable bonds is 3. The van der Waals surface area contributed by atoms with Crippen molar-refractivity contribution in [2.75, 3.05) is 13.1 Å². The van der Waals surface area contributed by atoms with Gasteiger partial charge in [-0.2, -0.15) is 0 Å². The van der Waals surface area contributed by atoms with Crippen molar-refractivity contribution < 1.29 is 18.7 Å². The molecule has 1 amide bonds. The fraction of sp³-hybridized carbons (Fsp3) is 0.875. The number of aliphatic hydroxyl groups excluding tert-OH is 1. The second-order valence-corrected chi connectivity index (χ2v) is 4.40. The van der Waals surface area contributed by atoms with E-state index in [1.165, 1.54) is 4.90 Å². The van der Waals surface area contributed by atoms with Gasteiger partial charge in [0.15, 0.2) is 0 Å². The molecule has 1 N–H and O–H groups in total. The molecule has 3 nitrogen and oxygen atoms in total. The number of β-amino-alcohol motifs (C(OH)–C–C–N with tert-alkyl or cyclic N) is 1. The summed E-state index contributed by atoms with van der Waals surface area (Å²) in [5, 5.41) is 8.92. The molecule has 82 valence electrons. The summed E-state index contributed by atoms with van der Waals surface area (Å²) in [6.45, 7) is 0.170. The number of likely N-dealkylation sites (tertiary alicyclic amines) is 1. The lowest BCUT2D eigenvalue weighted by Gasteiger charge is -2.31. The highest BCUT2D eigenvalue weighted by Crippen LogP contribution is 2.19. The number of amides is 1. The van der Waals surface area contributed by atoms with E-state index < -0.39 is 12.5 Å². The second-order valence-electron chi connectivity index (χ2n) is 3.30. The monoisotopic (exact) mass is 271 g/mol. The van der Waals surface area contributed by atoms with Gasteiger partial charge in [0.2, 0.25) is 5.91 Å². The minimum atomic E-state index is -2.79. The molecule has 0 aliphatic carbocycles. The van der Waals surface area contributed by atoms with Gasteiger partial charge in [-0.15, -0.1) is 0 Å². The third-order valence-electron chi connectivity index (χ3n) is 2.16. The Bertz CT molecular complexity index is 216. The van der Waals surface area contributed by atoms with Crippen LogP contribution in [-0.2, 0) is 4.79 Å². The maximum absolute atomic E-state index is 12.0. The van der Waals surface area contributed by atoms with E-state index in [-0.39, 0.29) is 17.3 Å². The van der Waals surface area contributed by atoms with Crippen molar-refractivity contribution in [3.05, 3.63) is 0 Å². The standard InChI is InChI=1S/C8H12BrF2NO2/c9-5-2-1-3-12(8(5)14)4-6(13)7(10)11/h5-7,13H,1-4H2. The van der Waals surface area contributed by atoms with Crippen LogP contribution in [0.3, 0.4) is 0 Å². The van der Waals surface area contributed by atoms with Crippen molar-refractivity contribution in [1.82, 2.24) is 4.90 Å². The Labute approximate surface area is 89.2 Å². The van der Waals surface area contributed by atoms with Crippen molar-refractivity contribution in [2.24, 2.45) is 0 Å². The molecule has 1 aliphatic heterocycles. The summed E-state index contributed by atoms with van der Waals surface area (Å²) in [4.78, 5) is 12.4. The Morgan fingerprint density at radius 1 is 1.64 bits per heavy atom. The molecule has 1 heterocycles. The molecule has 2 unspecified atom stereocenters. The number of aliphatic hydroxyl groups is 1. The molecular formula is C8H12BrF2NO2. The minimum absolute atomic E-state index is 0.212. The summed E-state index contributed by atoms with van der Waals surface area (Å²) in [5.41, 5.74) is 0. The fourth-order valence-electron chi connectivity index (χ4n) is 1.38. The van der Waals surface area contributed by atoms with Crippen molar-refractivity contribution in [2.45, 2.75) is 30.2 Å². The van der Waals surface area contributed by atoms with E-state index in [0.29, 0.717) is 6.54 Å². The van der Waals surface area contributed by atoms with Crippen molar-refractivity contribution in [3.8, 4) is 0 Å². The van der Waals surface area contributed by atoms with Gasteiger partial charge in [-0.1, -0.05) is 15.9 Å². The third kappa shape index (κ3) is 2.88. The number of halogens is 3. The van der Waals surface area contributed by atoms with Crippen LogP contribution in [0.25, 0.3) is 0 Å². The van der Waals surface area contributed by atoms with Crippen LogP contribution in [0.1, 0.15) is 12.8 Å². The van der Waals surface area contributed by atoms with Crippen LogP contribution in [0.5, 0.6) is 0 Å². The van der Waals surface area contributed by atoms with Crippen molar-refractivity contribution >= 4 is 21.8 Å². The van der Waals surface area contributed by atoms with Gasteiger partial charge in [-0.3, -0.25) is 4.79 Å². The summed E-state index contributed by atoms with van der Waals surface area (Å²) in [5.74, 6) is -0.212. The molecule has 0 spiro atoms. The Balaban J connectivity index is 2.47. The molecular weight excluding hydrogens is 260 g/mol. The molecule has 1 fully saturated rings. The molecule has 1 aliphatic rings. The quantitative estimate of drug-likeness (QED) is 0.779. The number of hydrogen-bond acceptors (Lipinski definition) is 2. The van der Waals surface area contributed by atoms with E-state index in [0.717, 1.165) is 12.8 Å². The van der Waals surface area contributed by atoms with Gasteiger partial charge in [0, 0.05) is 6.54 Å². The largest absolute Gasteiger partial charge is 0.385 e. The lowest BCUT2D eigenvalue weighted by Crippen LogP contribution is -2.46. The molecule has 0 aromatic heterocycles. The maximum Gasteiger partial charge on any atom is 0.265 e. The molecule has 6 heteroatoms. The van der Waals surface area contributed by atoms with Crippen LogP contribution >= 0.6 is 15.9 Å². The van der Waals surface area contributed by atoms with Crippen LogP contribution in [0, 0.1) is 0 Å². The third-order valence-corrected chi connectivity index (χ3v) is 3.01. The first-order chi connectivity index (χ1) is 6.52. The minimum Gasteiger partial charge on any atom is -0.385 e. The van der Waals surface area contributed by atoms with Gasteiger partial charge in [0.1, 0.15) is 6.10 Å². The number of piperidine rings is 1. The smallest absolute Gasteiger partial charge is 0.265 e. The zero-order valence-electron chi connectivity index (χ0n) is 7.50. The molecule has 0 aromatic carbocycles. The highest BCUT2D eigenvalue weighted by atomic mass is 79.9. The molecule has 0 aromatic rings. The summed E-state index contributed by atoms with van der Waals surface area (Å²) in [7, 11) is 0. The van der Waals surface area contributed by atoms with E-state index in [1.807, 2.05) is 0 Å². The summed E-state index contributed by atoms with van der Waals surface area (Å²) in [6, 6.07) is 0. The SMILES string of the molecule is O=C1C(Br)CCCN1CC(O)C(F)F. The Morgan fingerprint density at radius 3 is 2.86 bits per heavy atom. The predicted molar refractivity (Wildman–Crippen MR) is 50.5 cm³/mol. The molecule has 2 atom stereocenters. The van der Waals surface area contributed by atoms with E-state index >= 15 is 0 Å². The van der Waals surface area contributed by atoms with E-state index in [1.54, 1.807) is 0 Å². The molecule has 0 radical (unpaired) electrons. The summed E-state index contributed by atoms with van der Waals surface area (Å²) in [6.07, 6.45) is -3.03. The highest BCUT2D eigenvalue weighted by Gasteiger charge is 2.29. The van der Waals surface area contributed by atoms with Crippen LogP contribution < -0.4 is 0 Å². The highest BCUT2D eigenvalue weighted by molar-refractivity contribution is 9.10. The predicted octanol–water partition coefficient (Wildman–Crippen LogP) is 0.998. The van der Waals surface area contributed by atoms with E-state index in [9.17, 15) is 13.6 Å².